The molecule has 0 aliphatic carbocycles. The number of likely N-dealkylation sites (tertiary alicyclic amines) is 1. The second-order valence-electron chi connectivity index (χ2n) is 6.26. The molecule has 6 nitrogen and oxygen atoms in total. The number of aromatic nitrogens is 2. The molecule has 132 valence electrons. The smallest absolute Gasteiger partial charge is 0.248 e. The lowest BCUT2D eigenvalue weighted by Gasteiger charge is -2.32. The lowest BCUT2D eigenvalue weighted by atomic mass is 9.95. The summed E-state index contributed by atoms with van der Waals surface area (Å²) >= 11 is 0. The maximum absolute atomic E-state index is 12.1. The predicted octanol–water partition coefficient (Wildman–Crippen LogP) is 2.93. The Labute approximate surface area is 147 Å². The Morgan fingerprint density at radius 3 is 2.96 bits per heavy atom. The molecule has 6 heteroatoms. The summed E-state index contributed by atoms with van der Waals surface area (Å²) in [6.45, 7) is 3.53. The van der Waals surface area contributed by atoms with Crippen LogP contribution in [0.5, 0.6) is 11.6 Å². The van der Waals surface area contributed by atoms with E-state index in [1.807, 2.05) is 36.1 Å². The zero-order valence-electron chi connectivity index (χ0n) is 14.6. The van der Waals surface area contributed by atoms with Gasteiger partial charge in [0.25, 0.3) is 0 Å². The highest BCUT2D eigenvalue weighted by Gasteiger charge is 2.26. The van der Waals surface area contributed by atoms with Crippen LogP contribution in [0.1, 0.15) is 30.0 Å². The van der Waals surface area contributed by atoms with Gasteiger partial charge in [-0.05, 0) is 31.4 Å². The van der Waals surface area contributed by atoms with Gasteiger partial charge in [0.05, 0.1) is 11.9 Å². The fourth-order valence-corrected chi connectivity index (χ4v) is 3.05. The minimum Gasteiger partial charge on any atom is -0.437 e. The fraction of sp³-hybridized carbons (Fsp3) is 0.421. The summed E-state index contributed by atoms with van der Waals surface area (Å²) in [6.07, 6.45) is 5.32. The van der Waals surface area contributed by atoms with Gasteiger partial charge in [0.1, 0.15) is 12.4 Å². The molecule has 0 bridgehead atoms. The number of rotatable bonds is 5. The van der Waals surface area contributed by atoms with Crippen molar-refractivity contribution in [1.29, 1.82) is 0 Å². The summed E-state index contributed by atoms with van der Waals surface area (Å²) in [5.41, 5.74) is 1.91. The summed E-state index contributed by atoms with van der Waals surface area (Å²) in [5.74, 6) is 1.44. The third kappa shape index (κ3) is 4.33. The van der Waals surface area contributed by atoms with Crippen molar-refractivity contribution in [1.82, 2.24) is 14.9 Å². The number of methoxy groups -OCH3 is 1. The molecule has 2 heterocycles. The molecule has 1 unspecified atom stereocenters. The maximum Gasteiger partial charge on any atom is 0.248 e. The van der Waals surface area contributed by atoms with Gasteiger partial charge in [-0.2, -0.15) is 0 Å². The third-order valence-corrected chi connectivity index (χ3v) is 4.40. The van der Waals surface area contributed by atoms with Gasteiger partial charge in [-0.1, -0.05) is 18.2 Å². The van der Waals surface area contributed by atoms with Crippen LogP contribution in [-0.2, 0) is 9.53 Å². The van der Waals surface area contributed by atoms with Crippen LogP contribution in [0, 0.1) is 6.92 Å². The highest BCUT2D eigenvalue weighted by atomic mass is 16.5. The molecule has 1 aromatic carbocycles. The summed E-state index contributed by atoms with van der Waals surface area (Å²) in [5, 5.41) is 0. The zero-order valence-corrected chi connectivity index (χ0v) is 14.6. The van der Waals surface area contributed by atoms with E-state index in [0.717, 1.165) is 36.4 Å². The average molecular weight is 341 g/mol. The number of hydrogen-bond donors (Lipinski definition) is 0. The first-order valence-electron chi connectivity index (χ1n) is 8.49. The Morgan fingerprint density at radius 1 is 1.32 bits per heavy atom. The van der Waals surface area contributed by atoms with Crippen LogP contribution >= 0.6 is 0 Å². The van der Waals surface area contributed by atoms with E-state index in [-0.39, 0.29) is 18.4 Å². The number of carbonyl (C=O) groups is 1. The van der Waals surface area contributed by atoms with E-state index < -0.39 is 0 Å². The third-order valence-electron chi connectivity index (χ3n) is 4.40. The molecule has 0 saturated carbocycles. The number of piperidine rings is 1. The Kier molecular flexibility index (Phi) is 5.60. The lowest BCUT2D eigenvalue weighted by Crippen LogP contribution is -2.41. The second-order valence-corrected chi connectivity index (χ2v) is 6.26. The highest BCUT2D eigenvalue weighted by Crippen LogP contribution is 2.28. The number of amides is 1. The van der Waals surface area contributed by atoms with Gasteiger partial charge >= 0.3 is 0 Å². The second kappa shape index (κ2) is 8.07. The van der Waals surface area contributed by atoms with E-state index in [9.17, 15) is 4.79 Å². The van der Waals surface area contributed by atoms with E-state index in [4.69, 9.17) is 9.47 Å². The zero-order chi connectivity index (χ0) is 17.6. The van der Waals surface area contributed by atoms with Gasteiger partial charge < -0.3 is 14.4 Å². The summed E-state index contributed by atoms with van der Waals surface area (Å²) in [6, 6.07) is 7.81. The molecule has 25 heavy (non-hydrogen) atoms. The van der Waals surface area contributed by atoms with Crippen molar-refractivity contribution in [2.75, 3.05) is 26.8 Å². The lowest BCUT2D eigenvalue weighted by molar-refractivity contribution is -0.136. The number of nitrogens with zero attached hydrogens (tertiary/aromatic N) is 3. The monoisotopic (exact) mass is 341 g/mol. The van der Waals surface area contributed by atoms with Gasteiger partial charge in [-0.3, -0.25) is 9.78 Å². The number of carbonyl (C=O) groups excluding carboxylic acids is 1. The molecule has 2 aromatic rings. The van der Waals surface area contributed by atoms with Gasteiger partial charge in [0.15, 0.2) is 0 Å². The van der Waals surface area contributed by atoms with Crippen LogP contribution in [0.15, 0.2) is 36.7 Å². The highest BCUT2D eigenvalue weighted by molar-refractivity contribution is 5.77. The van der Waals surface area contributed by atoms with Crippen LogP contribution in [0.4, 0.5) is 0 Å². The van der Waals surface area contributed by atoms with Crippen molar-refractivity contribution in [3.05, 3.63) is 47.9 Å². The molecule has 1 atom stereocenters. The van der Waals surface area contributed by atoms with E-state index in [1.165, 1.54) is 7.11 Å². The van der Waals surface area contributed by atoms with Gasteiger partial charge in [0, 0.05) is 32.3 Å². The molecular formula is C19H23N3O3. The van der Waals surface area contributed by atoms with Crippen LogP contribution in [0.2, 0.25) is 0 Å². The van der Waals surface area contributed by atoms with Crippen molar-refractivity contribution in [3.63, 3.8) is 0 Å². The van der Waals surface area contributed by atoms with Crippen LogP contribution < -0.4 is 4.74 Å². The first-order chi connectivity index (χ1) is 12.2. The number of ether oxygens (including phenoxy) is 2. The van der Waals surface area contributed by atoms with Crippen molar-refractivity contribution in [2.24, 2.45) is 0 Å². The van der Waals surface area contributed by atoms with Crippen LogP contribution in [0.3, 0.4) is 0 Å². The average Bonchev–Trinajstić information content (AvgIpc) is 2.64. The Balaban J connectivity index is 1.72. The summed E-state index contributed by atoms with van der Waals surface area (Å²) in [4.78, 5) is 22.8. The number of aryl methyl sites for hydroxylation is 1. The van der Waals surface area contributed by atoms with Crippen LogP contribution in [0.25, 0.3) is 0 Å². The molecule has 1 saturated heterocycles. The van der Waals surface area contributed by atoms with Crippen molar-refractivity contribution < 1.29 is 14.3 Å². The van der Waals surface area contributed by atoms with E-state index in [2.05, 4.69) is 9.97 Å². The first-order valence-corrected chi connectivity index (χ1v) is 8.49. The molecule has 1 aliphatic rings. The van der Waals surface area contributed by atoms with Gasteiger partial charge in [-0.25, -0.2) is 4.98 Å². The Bertz CT molecular complexity index is 735. The molecule has 1 aromatic heterocycles. The van der Waals surface area contributed by atoms with E-state index in [0.29, 0.717) is 12.4 Å². The van der Waals surface area contributed by atoms with Gasteiger partial charge in [0.2, 0.25) is 11.8 Å². The minimum atomic E-state index is 0.0208. The van der Waals surface area contributed by atoms with E-state index in [1.54, 1.807) is 12.4 Å². The molecule has 0 N–H and O–H groups in total. The fourth-order valence-electron chi connectivity index (χ4n) is 3.05. The molecular weight excluding hydrogens is 318 g/mol. The molecule has 0 radical (unpaired) electrons. The van der Waals surface area contributed by atoms with E-state index >= 15 is 0 Å². The standard InChI is InChI=1S/C19H23N3O3/c1-14-6-3-4-8-17(14)25-18-11-20-10-16(21-18)15-7-5-9-22(12-15)19(23)13-24-2/h3-4,6,8,10-11,15H,5,7,9,12-13H2,1-2H3. The predicted molar refractivity (Wildman–Crippen MR) is 93.7 cm³/mol. The molecule has 1 aliphatic heterocycles. The Hall–Kier alpha value is -2.47. The van der Waals surface area contributed by atoms with Crippen molar-refractivity contribution >= 4 is 5.91 Å². The molecule has 0 spiro atoms. The first kappa shape index (κ1) is 17.4. The van der Waals surface area contributed by atoms with Crippen LogP contribution in [-0.4, -0.2) is 47.6 Å². The number of hydrogen-bond acceptors (Lipinski definition) is 5. The SMILES string of the molecule is COCC(=O)N1CCCC(c2cncc(Oc3ccccc3C)n2)C1. The molecule has 1 amide bonds. The Morgan fingerprint density at radius 2 is 2.16 bits per heavy atom. The number of para-hydroxylation sites is 1. The largest absolute Gasteiger partial charge is 0.437 e. The topological polar surface area (TPSA) is 64.5 Å². The van der Waals surface area contributed by atoms with Gasteiger partial charge in [-0.15, -0.1) is 0 Å². The molecule has 1 fully saturated rings. The van der Waals surface area contributed by atoms with Crippen molar-refractivity contribution in [3.8, 4) is 11.6 Å². The maximum atomic E-state index is 12.1. The summed E-state index contributed by atoms with van der Waals surface area (Å²) < 4.78 is 10.8. The normalized spacial score (nSPS) is 17.4. The van der Waals surface area contributed by atoms with Crippen molar-refractivity contribution in [2.45, 2.75) is 25.7 Å². The minimum absolute atomic E-state index is 0.0208. The number of benzene rings is 1. The quantitative estimate of drug-likeness (QED) is 0.837. The molecule has 3 rings (SSSR count). The summed E-state index contributed by atoms with van der Waals surface area (Å²) in [7, 11) is 1.54.